The van der Waals surface area contributed by atoms with E-state index in [1.165, 1.54) is 6.20 Å². The van der Waals surface area contributed by atoms with Gasteiger partial charge in [0.2, 0.25) is 0 Å². The molecule has 1 N–H and O–H groups in total. The van der Waals surface area contributed by atoms with Gasteiger partial charge in [-0.2, -0.15) is 0 Å². The fraction of sp³-hybridized carbons (Fsp3) is 0.389. The molecule has 0 fully saturated rings. The van der Waals surface area contributed by atoms with Crippen molar-refractivity contribution >= 4 is 17.4 Å². The number of benzene rings is 1. The molecule has 24 heavy (non-hydrogen) atoms. The number of aromatic nitrogens is 2. The van der Waals surface area contributed by atoms with E-state index in [0.29, 0.717) is 12.3 Å². The number of anilines is 2. The first-order valence-corrected chi connectivity index (χ1v) is 8.21. The zero-order valence-corrected chi connectivity index (χ0v) is 14.5. The number of unbranched alkanes of at least 4 members (excludes halogenated alkanes) is 1. The Bertz CT molecular complexity index is 641. The quantitative estimate of drug-likeness (QED) is 0.805. The van der Waals surface area contributed by atoms with Gasteiger partial charge in [0.15, 0.2) is 0 Å². The minimum Gasteiger partial charge on any atom is -0.494 e. The van der Waals surface area contributed by atoms with Crippen molar-refractivity contribution in [2.24, 2.45) is 0 Å². The zero-order chi connectivity index (χ0) is 17.4. The summed E-state index contributed by atoms with van der Waals surface area (Å²) in [5, 5.41) is 2.80. The predicted octanol–water partition coefficient (Wildman–Crippen LogP) is 3.36. The molecule has 1 aromatic carbocycles. The fourth-order valence-corrected chi connectivity index (χ4v) is 2.14. The van der Waals surface area contributed by atoms with Crippen molar-refractivity contribution in [3.8, 4) is 5.75 Å². The summed E-state index contributed by atoms with van der Waals surface area (Å²) in [4.78, 5) is 22.8. The second kappa shape index (κ2) is 8.86. The number of ether oxygens (including phenoxy) is 1. The van der Waals surface area contributed by atoms with Crippen LogP contribution in [0.2, 0.25) is 0 Å². The highest BCUT2D eigenvalue weighted by Crippen LogP contribution is 2.16. The Morgan fingerprint density at radius 1 is 1.17 bits per heavy atom. The first kappa shape index (κ1) is 17.7. The lowest BCUT2D eigenvalue weighted by atomic mass is 10.3. The summed E-state index contributed by atoms with van der Waals surface area (Å²) in [6.45, 7) is 5.61. The Hall–Kier alpha value is -2.63. The van der Waals surface area contributed by atoms with Gasteiger partial charge in [0.25, 0.3) is 5.91 Å². The molecule has 1 amide bonds. The zero-order valence-electron chi connectivity index (χ0n) is 14.5. The number of amides is 1. The molecule has 0 bridgehead atoms. The minimum atomic E-state index is -0.283. The van der Waals surface area contributed by atoms with E-state index >= 15 is 0 Å². The van der Waals surface area contributed by atoms with Crippen molar-refractivity contribution in [2.75, 3.05) is 30.4 Å². The highest BCUT2D eigenvalue weighted by molar-refractivity contribution is 6.02. The summed E-state index contributed by atoms with van der Waals surface area (Å²) in [6, 6.07) is 7.22. The first-order chi connectivity index (χ1) is 11.6. The van der Waals surface area contributed by atoms with Crippen molar-refractivity contribution in [1.29, 1.82) is 0 Å². The van der Waals surface area contributed by atoms with Crippen LogP contribution in [0.15, 0.2) is 36.7 Å². The predicted molar refractivity (Wildman–Crippen MR) is 95.8 cm³/mol. The monoisotopic (exact) mass is 328 g/mol. The molecule has 1 aromatic heterocycles. The first-order valence-electron chi connectivity index (χ1n) is 8.21. The molecular weight excluding hydrogens is 304 g/mol. The van der Waals surface area contributed by atoms with Crippen LogP contribution in [0.25, 0.3) is 0 Å². The van der Waals surface area contributed by atoms with Gasteiger partial charge in [0.05, 0.1) is 19.0 Å². The minimum absolute atomic E-state index is 0.283. The summed E-state index contributed by atoms with van der Waals surface area (Å²) < 4.78 is 5.37. The van der Waals surface area contributed by atoms with E-state index in [0.717, 1.165) is 31.0 Å². The largest absolute Gasteiger partial charge is 0.494 e. The average molecular weight is 328 g/mol. The van der Waals surface area contributed by atoms with Crippen molar-refractivity contribution in [1.82, 2.24) is 9.97 Å². The van der Waals surface area contributed by atoms with Gasteiger partial charge in [0.1, 0.15) is 17.3 Å². The van der Waals surface area contributed by atoms with E-state index in [4.69, 9.17) is 4.74 Å². The normalized spacial score (nSPS) is 10.3. The lowest BCUT2D eigenvalue weighted by Gasteiger charge is -2.17. The van der Waals surface area contributed by atoms with Gasteiger partial charge in [-0.05, 0) is 37.6 Å². The van der Waals surface area contributed by atoms with Gasteiger partial charge >= 0.3 is 0 Å². The molecule has 0 spiro atoms. The van der Waals surface area contributed by atoms with Crippen molar-refractivity contribution in [2.45, 2.75) is 26.7 Å². The van der Waals surface area contributed by atoms with Crippen LogP contribution in [0.3, 0.4) is 0 Å². The van der Waals surface area contributed by atoms with Crippen molar-refractivity contribution in [3.63, 3.8) is 0 Å². The summed E-state index contributed by atoms with van der Waals surface area (Å²) in [6.07, 6.45) is 5.35. The van der Waals surface area contributed by atoms with E-state index in [9.17, 15) is 4.79 Å². The summed E-state index contributed by atoms with van der Waals surface area (Å²) in [5.74, 6) is 1.25. The standard InChI is InChI=1S/C18H24N4O2/c1-4-6-11-22(3)17-13-19-16(12-20-17)18(23)21-14-7-9-15(10-8-14)24-5-2/h7-10,12-13H,4-6,11H2,1-3H3,(H,21,23). The SMILES string of the molecule is CCCCN(C)c1cnc(C(=O)Nc2ccc(OCC)cc2)cn1. The van der Waals surface area contributed by atoms with Crippen LogP contribution in [0.4, 0.5) is 11.5 Å². The van der Waals surface area contributed by atoms with Crippen LogP contribution in [-0.2, 0) is 0 Å². The van der Waals surface area contributed by atoms with E-state index < -0.39 is 0 Å². The lowest BCUT2D eigenvalue weighted by molar-refractivity contribution is 0.102. The number of hydrogen-bond donors (Lipinski definition) is 1. The van der Waals surface area contributed by atoms with Gasteiger partial charge in [0, 0.05) is 19.3 Å². The summed E-state index contributed by atoms with van der Waals surface area (Å²) in [7, 11) is 1.97. The van der Waals surface area contributed by atoms with Gasteiger partial charge in [-0.25, -0.2) is 9.97 Å². The number of carbonyl (C=O) groups excluding carboxylic acids is 1. The number of nitrogens with zero attached hydrogens (tertiary/aromatic N) is 3. The van der Waals surface area contributed by atoms with Gasteiger partial charge in [-0.1, -0.05) is 13.3 Å². The van der Waals surface area contributed by atoms with Crippen LogP contribution in [0, 0.1) is 0 Å². The molecule has 0 unspecified atom stereocenters. The Kier molecular flexibility index (Phi) is 6.54. The van der Waals surface area contributed by atoms with Crippen LogP contribution in [-0.4, -0.2) is 36.1 Å². The Morgan fingerprint density at radius 2 is 1.92 bits per heavy atom. The molecule has 0 aliphatic rings. The molecule has 6 heteroatoms. The smallest absolute Gasteiger partial charge is 0.275 e. The van der Waals surface area contributed by atoms with Crippen LogP contribution in [0.5, 0.6) is 5.75 Å². The Labute approximate surface area is 142 Å². The molecule has 0 saturated heterocycles. The van der Waals surface area contributed by atoms with Crippen LogP contribution >= 0.6 is 0 Å². The number of rotatable bonds is 8. The lowest BCUT2D eigenvalue weighted by Crippen LogP contribution is -2.21. The molecule has 0 aliphatic heterocycles. The number of nitrogens with one attached hydrogen (secondary N) is 1. The maximum Gasteiger partial charge on any atom is 0.275 e. The van der Waals surface area contributed by atoms with E-state index in [1.54, 1.807) is 18.3 Å². The summed E-state index contributed by atoms with van der Waals surface area (Å²) in [5.41, 5.74) is 0.978. The third-order valence-corrected chi connectivity index (χ3v) is 3.53. The van der Waals surface area contributed by atoms with Gasteiger partial charge < -0.3 is 15.0 Å². The van der Waals surface area contributed by atoms with Crippen molar-refractivity contribution in [3.05, 3.63) is 42.4 Å². The highest BCUT2D eigenvalue weighted by atomic mass is 16.5. The molecule has 0 radical (unpaired) electrons. The van der Waals surface area contributed by atoms with Crippen LogP contribution < -0.4 is 15.0 Å². The van der Waals surface area contributed by atoms with E-state index in [1.807, 2.05) is 31.0 Å². The molecule has 6 nitrogen and oxygen atoms in total. The molecule has 0 atom stereocenters. The summed E-state index contributed by atoms with van der Waals surface area (Å²) >= 11 is 0. The van der Waals surface area contributed by atoms with Gasteiger partial charge in [-0.3, -0.25) is 4.79 Å². The third-order valence-electron chi connectivity index (χ3n) is 3.53. The third kappa shape index (κ3) is 4.94. The second-order valence-electron chi connectivity index (χ2n) is 5.45. The maximum atomic E-state index is 12.2. The molecule has 2 aromatic rings. The molecule has 0 saturated carbocycles. The van der Waals surface area contributed by atoms with Gasteiger partial charge in [-0.15, -0.1) is 0 Å². The number of carbonyl (C=O) groups is 1. The van der Waals surface area contributed by atoms with Crippen molar-refractivity contribution < 1.29 is 9.53 Å². The maximum absolute atomic E-state index is 12.2. The topological polar surface area (TPSA) is 67.4 Å². The van der Waals surface area contributed by atoms with E-state index in [2.05, 4.69) is 22.2 Å². The van der Waals surface area contributed by atoms with Crippen LogP contribution in [0.1, 0.15) is 37.2 Å². The second-order valence-corrected chi connectivity index (χ2v) is 5.45. The molecular formula is C18H24N4O2. The fourth-order valence-electron chi connectivity index (χ4n) is 2.14. The average Bonchev–Trinajstić information content (AvgIpc) is 2.61. The molecule has 128 valence electrons. The van der Waals surface area contributed by atoms with E-state index in [-0.39, 0.29) is 11.6 Å². The molecule has 0 aliphatic carbocycles. The Morgan fingerprint density at radius 3 is 2.50 bits per heavy atom. The number of hydrogen-bond acceptors (Lipinski definition) is 5. The molecule has 1 heterocycles. The highest BCUT2D eigenvalue weighted by Gasteiger charge is 2.10. The Balaban J connectivity index is 1.96. The molecule has 2 rings (SSSR count).